The SMILES string of the molecule is c1ccc(-c2ccc3sc4ccc5c6ccccc6n(-c6cc7c8c(c6)Oc6ccccc6B8c6ccccc6O7)c5c4c3c2)nc1. The van der Waals surface area contributed by atoms with E-state index in [9.17, 15) is 0 Å². The van der Waals surface area contributed by atoms with Gasteiger partial charge in [-0.25, -0.2) is 0 Å². The van der Waals surface area contributed by atoms with Crippen LogP contribution in [-0.2, 0) is 0 Å². The van der Waals surface area contributed by atoms with E-state index >= 15 is 0 Å². The summed E-state index contributed by atoms with van der Waals surface area (Å²) in [4.78, 5) is 4.66. The summed E-state index contributed by atoms with van der Waals surface area (Å²) in [6.07, 6.45) is 1.86. The van der Waals surface area contributed by atoms with Crippen LogP contribution in [0.3, 0.4) is 0 Å². The zero-order valence-electron chi connectivity index (χ0n) is 25.0. The Balaban J connectivity index is 1.24. The molecule has 0 radical (unpaired) electrons. The molecule has 0 fully saturated rings. The van der Waals surface area contributed by atoms with Crippen molar-refractivity contribution in [2.75, 3.05) is 0 Å². The number of nitrogens with zero attached hydrogens (tertiary/aromatic N) is 2. The Morgan fingerprint density at radius 1 is 0.574 bits per heavy atom. The molecule has 47 heavy (non-hydrogen) atoms. The normalized spacial score (nSPS) is 13.0. The van der Waals surface area contributed by atoms with Crippen molar-refractivity contribution in [3.8, 4) is 39.9 Å². The minimum absolute atomic E-state index is 0.0413. The van der Waals surface area contributed by atoms with Crippen LogP contribution < -0.4 is 25.9 Å². The molecule has 2 aliphatic heterocycles. The highest BCUT2D eigenvalue weighted by Crippen LogP contribution is 2.45. The monoisotopic (exact) mass is 618 g/mol. The molecule has 0 amide bonds. The molecular formula is C41H23BN2O2S. The maximum atomic E-state index is 6.71. The highest BCUT2D eigenvalue weighted by molar-refractivity contribution is 7.26. The predicted molar refractivity (Wildman–Crippen MR) is 195 cm³/mol. The number of pyridine rings is 1. The van der Waals surface area contributed by atoms with Crippen LogP contribution in [0.5, 0.6) is 23.0 Å². The molecule has 0 atom stereocenters. The Labute approximate surface area is 274 Å². The summed E-state index contributed by atoms with van der Waals surface area (Å²) in [6, 6.07) is 47.2. The molecule has 5 heterocycles. The molecular weight excluding hydrogens is 595 g/mol. The molecule has 2 aliphatic rings. The summed E-state index contributed by atoms with van der Waals surface area (Å²) in [7, 11) is 0. The number of thiophene rings is 1. The van der Waals surface area contributed by atoms with Crippen LogP contribution in [-0.4, -0.2) is 16.3 Å². The van der Waals surface area contributed by atoms with Crippen molar-refractivity contribution in [3.63, 3.8) is 0 Å². The lowest BCUT2D eigenvalue weighted by atomic mass is 9.35. The molecule has 0 aliphatic carbocycles. The lowest BCUT2D eigenvalue weighted by Crippen LogP contribution is -2.57. The van der Waals surface area contributed by atoms with Gasteiger partial charge < -0.3 is 14.0 Å². The molecule has 0 unspecified atom stereocenters. The fourth-order valence-corrected chi connectivity index (χ4v) is 8.88. The summed E-state index contributed by atoms with van der Waals surface area (Å²) in [5.74, 6) is 3.45. The first-order chi connectivity index (χ1) is 23.3. The Kier molecular flexibility index (Phi) is 5.04. The third kappa shape index (κ3) is 3.50. The second-order valence-corrected chi connectivity index (χ2v) is 13.4. The minimum Gasteiger partial charge on any atom is -0.458 e. The highest BCUT2D eigenvalue weighted by Gasteiger charge is 2.40. The molecule has 6 aromatic carbocycles. The van der Waals surface area contributed by atoms with Crippen molar-refractivity contribution in [3.05, 3.63) is 140 Å². The van der Waals surface area contributed by atoms with E-state index in [0.29, 0.717) is 0 Å². The van der Waals surface area contributed by atoms with Gasteiger partial charge in [0, 0.05) is 60.3 Å². The quantitative estimate of drug-likeness (QED) is 0.182. The number of rotatable bonds is 2. The molecule has 11 rings (SSSR count). The van der Waals surface area contributed by atoms with Crippen molar-refractivity contribution < 1.29 is 9.47 Å². The van der Waals surface area contributed by atoms with Crippen molar-refractivity contribution in [1.82, 2.24) is 9.55 Å². The Morgan fingerprint density at radius 2 is 1.28 bits per heavy atom. The number of fused-ring (bicyclic) bond motifs is 11. The van der Waals surface area contributed by atoms with E-state index in [1.165, 1.54) is 36.5 Å². The van der Waals surface area contributed by atoms with Crippen LogP contribution in [0.2, 0.25) is 0 Å². The minimum atomic E-state index is 0.0413. The summed E-state index contributed by atoms with van der Waals surface area (Å²) in [5.41, 5.74) is 8.83. The molecule has 0 bridgehead atoms. The molecule has 4 nitrogen and oxygen atoms in total. The summed E-state index contributed by atoms with van der Waals surface area (Å²) >= 11 is 1.84. The van der Waals surface area contributed by atoms with E-state index in [-0.39, 0.29) is 6.71 Å². The van der Waals surface area contributed by atoms with Crippen LogP contribution in [0, 0.1) is 0 Å². The zero-order valence-corrected chi connectivity index (χ0v) is 25.8. The fraction of sp³-hybridized carbons (Fsp3) is 0. The summed E-state index contributed by atoms with van der Waals surface area (Å²) in [6.45, 7) is 0.0413. The summed E-state index contributed by atoms with van der Waals surface area (Å²) < 4.78 is 18.3. The number of hydrogen-bond acceptors (Lipinski definition) is 4. The van der Waals surface area contributed by atoms with Crippen LogP contribution in [0.15, 0.2) is 140 Å². The van der Waals surface area contributed by atoms with E-state index in [2.05, 4.69) is 119 Å². The van der Waals surface area contributed by atoms with Crippen molar-refractivity contribution in [1.29, 1.82) is 0 Å². The number of hydrogen-bond donors (Lipinski definition) is 0. The van der Waals surface area contributed by atoms with E-state index in [1.807, 2.05) is 41.8 Å². The van der Waals surface area contributed by atoms with Gasteiger partial charge in [0.05, 0.1) is 22.4 Å². The van der Waals surface area contributed by atoms with Crippen LogP contribution in [0.4, 0.5) is 0 Å². The molecule has 0 saturated carbocycles. The maximum absolute atomic E-state index is 6.71. The Bertz CT molecular complexity index is 2700. The standard InChI is InChI=1S/C41H23BN2O2S/c1-4-13-32-26(9-1)27-17-19-38-39(28-21-24(16-18-37(28)47-38)31-12-7-8-20-43-31)41(27)44(32)25-22-35-40-36(23-25)46-34-15-6-3-11-30(34)42(40)29-10-2-5-14-33(29)45-35/h1-23H. The van der Waals surface area contributed by atoms with Crippen molar-refractivity contribution in [2.24, 2.45) is 0 Å². The lowest BCUT2D eigenvalue weighted by Gasteiger charge is -2.33. The Morgan fingerprint density at radius 3 is 2.04 bits per heavy atom. The van der Waals surface area contributed by atoms with Gasteiger partial charge >= 0.3 is 0 Å². The smallest absolute Gasteiger partial charge is 0.260 e. The largest absolute Gasteiger partial charge is 0.458 e. The van der Waals surface area contributed by atoms with Gasteiger partial charge in [0.25, 0.3) is 6.71 Å². The first-order valence-electron chi connectivity index (χ1n) is 15.8. The second-order valence-electron chi connectivity index (χ2n) is 12.3. The Hall–Kier alpha value is -5.85. The summed E-state index contributed by atoms with van der Waals surface area (Å²) in [5, 5.41) is 4.92. The van der Waals surface area contributed by atoms with Gasteiger partial charge in [-0.2, -0.15) is 0 Å². The number of ether oxygens (including phenoxy) is 2. The first-order valence-corrected chi connectivity index (χ1v) is 16.6. The van der Waals surface area contributed by atoms with Crippen molar-refractivity contribution >= 4 is 76.4 Å². The highest BCUT2D eigenvalue weighted by atomic mass is 32.1. The van der Waals surface area contributed by atoms with Gasteiger partial charge in [0.1, 0.15) is 23.0 Å². The van der Waals surface area contributed by atoms with Gasteiger partial charge in [-0.05, 0) is 59.5 Å². The van der Waals surface area contributed by atoms with Gasteiger partial charge in [-0.15, -0.1) is 11.3 Å². The number of para-hydroxylation sites is 3. The average molecular weight is 619 g/mol. The van der Waals surface area contributed by atoms with Gasteiger partial charge in [-0.1, -0.05) is 72.8 Å². The molecule has 9 aromatic rings. The van der Waals surface area contributed by atoms with Gasteiger partial charge in [-0.3, -0.25) is 4.98 Å². The number of benzene rings is 6. The molecule has 6 heteroatoms. The van der Waals surface area contributed by atoms with Crippen LogP contribution in [0.1, 0.15) is 0 Å². The maximum Gasteiger partial charge on any atom is 0.260 e. The molecule has 3 aromatic heterocycles. The molecule has 0 spiro atoms. The third-order valence-corrected chi connectivity index (χ3v) is 10.9. The molecule has 0 saturated heterocycles. The lowest BCUT2D eigenvalue weighted by molar-refractivity contribution is 0.464. The molecule has 218 valence electrons. The van der Waals surface area contributed by atoms with E-state index in [4.69, 9.17) is 9.47 Å². The zero-order chi connectivity index (χ0) is 30.6. The third-order valence-electron chi connectivity index (χ3n) is 9.76. The van der Waals surface area contributed by atoms with E-state index in [0.717, 1.165) is 61.8 Å². The van der Waals surface area contributed by atoms with E-state index in [1.54, 1.807) is 0 Å². The van der Waals surface area contributed by atoms with Gasteiger partial charge in [0.15, 0.2) is 0 Å². The van der Waals surface area contributed by atoms with E-state index < -0.39 is 0 Å². The van der Waals surface area contributed by atoms with Gasteiger partial charge in [0.2, 0.25) is 0 Å². The molecule has 0 N–H and O–H groups in total. The predicted octanol–water partition coefficient (Wildman–Crippen LogP) is 8.94. The average Bonchev–Trinajstić information content (AvgIpc) is 3.67. The number of aromatic nitrogens is 2. The van der Waals surface area contributed by atoms with Crippen molar-refractivity contribution in [2.45, 2.75) is 0 Å². The first kappa shape index (κ1) is 25.4. The van der Waals surface area contributed by atoms with Crippen LogP contribution in [0.25, 0.3) is 58.9 Å². The topological polar surface area (TPSA) is 36.3 Å². The van der Waals surface area contributed by atoms with Crippen LogP contribution >= 0.6 is 11.3 Å². The fourth-order valence-electron chi connectivity index (χ4n) is 7.79. The second kappa shape index (κ2) is 9.35.